The van der Waals surface area contributed by atoms with Gasteiger partial charge < -0.3 is 0 Å². The zero-order valence-electron chi connectivity index (χ0n) is 5.56. The molecule has 0 atom stereocenters. The maximum atomic E-state index is 12.4. The predicted octanol–water partition coefficient (Wildman–Crippen LogP) is 2.44. The Balaban J connectivity index is 3.09. The van der Waals surface area contributed by atoms with E-state index in [1.807, 2.05) is 6.92 Å². The first-order chi connectivity index (χ1) is 4.74. The molecular formula is C7H7ClFN. The summed E-state index contributed by atoms with van der Waals surface area (Å²) in [7, 11) is 0. The van der Waals surface area contributed by atoms with E-state index in [1.165, 1.54) is 12.3 Å². The van der Waals surface area contributed by atoms with Crippen LogP contribution >= 0.6 is 11.6 Å². The van der Waals surface area contributed by atoms with E-state index in [0.29, 0.717) is 5.02 Å². The molecular weight excluding hydrogens is 153 g/mol. The Hall–Kier alpha value is -0.630. The van der Waals surface area contributed by atoms with Gasteiger partial charge in [0.05, 0.1) is 5.02 Å². The van der Waals surface area contributed by atoms with Crippen molar-refractivity contribution in [3.63, 3.8) is 0 Å². The maximum absolute atomic E-state index is 12.4. The fourth-order valence-electron chi connectivity index (χ4n) is 0.722. The number of rotatable bonds is 1. The second kappa shape index (κ2) is 2.97. The molecule has 1 aromatic heterocycles. The summed E-state index contributed by atoms with van der Waals surface area (Å²) in [6.45, 7) is 1.92. The number of hydrogen-bond acceptors (Lipinski definition) is 1. The lowest BCUT2D eigenvalue weighted by atomic mass is 10.2. The molecule has 0 aliphatic rings. The van der Waals surface area contributed by atoms with E-state index < -0.39 is 5.95 Å². The Kier molecular flexibility index (Phi) is 2.22. The average molecular weight is 160 g/mol. The number of hydrogen-bond donors (Lipinski definition) is 0. The van der Waals surface area contributed by atoms with E-state index in [0.717, 1.165) is 12.0 Å². The first-order valence-corrected chi connectivity index (χ1v) is 3.41. The van der Waals surface area contributed by atoms with Gasteiger partial charge in [0.1, 0.15) is 0 Å². The van der Waals surface area contributed by atoms with Crippen LogP contribution in [0.25, 0.3) is 0 Å². The van der Waals surface area contributed by atoms with Crippen molar-refractivity contribution in [1.82, 2.24) is 4.98 Å². The second-order valence-corrected chi connectivity index (χ2v) is 2.36. The highest BCUT2D eigenvalue weighted by atomic mass is 35.5. The third-order valence-electron chi connectivity index (χ3n) is 1.28. The lowest BCUT2D eigenvalue weighted by Crippen LogP contribution is -1.87. The fraction of sp³-hybridized carbons (Fsp3) is 0.286. The summed E-state index contributed by atoms with van der Waals surface area (Å²) in [5.41, 5.74) is 0.800. The molecule has 0 saturated carbocycles. The molecule has 0 radical (unpaired) electrons. The number of aromatic nitrogens is 1. The quantitative estimate of drug-likeness (QED) is 0.574. The molecule has 10 heavy (non-hydrogen) atoms. The molecule has 0 N–H and O–H groups in total. The van der Waals surface area contributed by atoms with Crippen LogP contribution in [-0.2, 0) is 6.42 Å². The average Bonchev–Trinajstić information content (AvgIpc) is 1.94. The standard InChI is InChI=1S/C7H7ClFN/c1-2-5-3-7(9)10-4-6(5)8/h3-4H,2H2,1H3. The Morgan fingerprint density at radius 2 is 2.40 bits per heavy atom. The summed E-state index contributed by atoms with van der Waals surface area (Å²) < 4.78 is 12.4. The summed E-state index contributed by atoms with van der Waals surface area (Å²) >= 11 is 5.67. The molecule has 1 nitrogen and oxygen atoms in total. The summed E-state index contributed by atoms with van der Waals surface area (Å²) in [5.74, 6) is -0.471. The van der Waals surface area contributed by atoms with Gasteiger partial charge in [-0.1, -0.05) is 18.5 Å². The van der Waals surface area contributed by atoms with Crippen molar-refractivity contribution in [1.29, 1.82) is 0 Å². The van der Waals surface area contributed by atoms with Gasteiger partial charge in [0.25, 0.3) is 0 Å². The number of halogens is 2. The van der Waals surface area contributed by atoms with Crippen molar-refractivity contribution in [2.45, 2.75) is 13.3 Å². The Morgan fingerprint density at radius 3 is 2.90 bits per heavy atom. The molecule has 0 aromatic carbocycles. The molecule has 0 unspecified atom stereocenters. The lowest BCUT2D eigenvalue weighted by molar-refractivity contribution is 0.581. The van der Waals surface area contributed by atoms with Crippen LogP contribution < -0.4 is 0 Å². The minimum Gasteiger partial charge on any atom is -0.227 e. The van der Waals surface area contributed by atoms with E-state index in [2.05, 4.69) is 4.98 Å². The van der Waals surface area contributed by atoms with Crippen LogP contribution in [0.1, 0.15) is 12.5 Å². The molecule has 0 aliphatic carbocycles. The molecule has 0 bridgehead atoms. The van der Waals surface area contributed by atoms with Crippen molar-refractivity contribution in [2.75, 3.05) is 0 Å². The van der Waals surface area contributed by atoms with E-state index in [4.69, 9.17) is 11.6 Å². The van der Waals surface area contributed by atoms with Crippen LogP contribution in [0.4, 0.5) is 4.39 Å². The van der Waals surface area contributed by atoms with Crippen LogP contribution in [-0.4, -0.2) is 4.98 Å². The number of nitrogens with zero attached hydrogens (tertiary/aromatic N) is 1. The highest BCUT2D eigenvalue weighted by Crippen LogP contribution is 2.14. The molecule has 3 heteroatoms. The van der Waals surface area contributed by atoms with E-state index in [9.17, 15) is 4.39 Å². The maximum Gasteiger partial charge on any atom is 0.213 e. The molecule has 54 valence electrons. The van der Waals surface area contributed by atoms with Gasteiger partial charge in [0.2, 0.25) is 5.95 Å². The van der Waals surface area contributed by atoms with Crippen LogP contribution in [0.2, 0.25) is 5.02 Å². The van der Waals surface area contributed by atoms with Gasteiger partial charge in [0.15, 0.2) is 0 Å². The largest absolute Gasteiger partial charge is 0.227 e. The van der Waals surface area contributed by atoms with Crippen molar-refractivity contribution in [3.8, 4) is 0 Å². The number of pyridine rings is 1. The second-order valence-electron chi connectivity index (χ2n) is 1.95. The Morgan fingerprint density at radius 1 is 1.70 bits per heavy atom. The summed E-state index contributed by atoms with van der Waals surface area (Å²) in [4.78, 5) is 3.39. The molecule has 0 saturated heterocycles. The zero-order chi connectivity index (χ0) is 7.56. The van der Waals surface area contributed by atoms with Gasteiger partial charge in [-0.3, -0.25) is 0 Å². The molecule has 0 spiro atoms. The van der Waals surface area contributed by atoms with Crippen LogP contribution in [0.15, 0.2) is 12.3 Å². The van der Waals surface area contributed by atoms with E-state index >= 15 is 0 Å². The lowest BCUT2D eigenvalue weighted by Gasteiger charge is -1.97. The van der Waals surface area contributed by atoms with E-state index in [1.54, 1.807) is 0 Å². The van der Waals surface area contributed by atoms with Gasteiger partial charge in [0, 0.05) is 6.20 Å². The molecule has 1 aromatic rings. The van der Waals surface area contributed by atoms with Gasteiger partial charge in [-0.2, -0.15) is 4.39 Å². The monoisotopic (exact) mass is 159 g/mol. The third kappa shape index (κ3) is 1.45. The molecule has 1 rings (SSSR count). The molecule has 0 fully saturated rings. The highest BCUT2D eigenvalue weighted by Gasteiger charge is 1.99. The first-order valence-electron chi connectivity index (χ1n) is 3.04. The zero-order valence-corrected chi connectivity index (χ0v) is 6.32. The third-order valence-corrected chi connectivity index (χ3v) is 1.62. The van der Waals surface area contributed by atoms with Gasteiger partial charge in [-0.15, -0.1) is 0 Å². The topological polar surface area (TPSA) is 12.9 Å². The van der Waals surface area contributed by atoms with Gasteiger partial charge in [-0.25, -0.2) is 4.98 Å². The van der Waals surface area contributed by atoms with Crippen molar-refractivity contribution in [3.05, 3.63) is 28.8 Å². The van der Waals surface area contributed by atoms with Crippen LogP contribution in [0.3, 0.4) is 0 Å². The van der Waals surface area contributed by atoms with Gasteiger partial charge in [-0.05, 0) is 18.1 Å². The smallest absolute Gasteiger partial charge is 0.213 e. The minimum absolute atomic E-state index is 0.471. The summed E-state index contributed by atoms with van der Waals surface area (Å²) in [5, 5.41) is 0.531. The molecule has 0 amide bonds. The molecule has 1 heterocycles. The van der Waals surface area contributed by atoms with Crippen LogP contribution in [0.5, 0.6) is 0 Å². The predicted molar refractivity (Wildman–Crippen MR) is 38.6 cm³/mol. The first kappa shape index (κ1) is 7.48. The van der Waals surface area contributed by atoms with Crippen molar-refractivity contribution >= 4 is 11.6 Å². The normalized spacial score (nSPS) is 9.90. The SMILES string of the molecule is CCc1cc(F)ncc1Cl. The van der Waals surface area contributed by atoms with Crippen molar-refractivity contribution in [2.24, 2.45) is 0 Å². The van der Waals surface area contributed by atoms with Crippen molar-refractivity contribution < 1.29 is 4.39 Å². The molecule has 0 aliphatic heterocycles. The minimum atomic E-state index is -0.471. The Labute approximate surface area is 63.8 Å². The fourth-order valence-corrected chi connectivity index (χ4v) is 0.959. The van der Waals surface area contributed by atoms with Gasteiger partial charge >= 0.3 is 0 Å². The highest BCUT2D eigenvalue weighted by molar-refractivity contribution is 6.31. The summed E-state index contributed by atoms with van der Waals surface area (Å²) in [6, 6.07) is 1.35. The van der Waals surface area contributed by atoms with Crippen LogP contribution in [0, 0.1) is 5.95 Å². The Bertz CT molecular complexity index is 237. The van der Waals surface area contributed by atoms with E-state index in [-0.39, 0.29) is 0 Å². The summed E-state index contributed by atoms with van der Waals surface area (Å²) in [6.07, 6.45) is 2.06. The number of aryl methyl sites for hydroxylation is 1.